The van der Waals surface area contributed by atoms with Crippen molar-refractivity contribution in [3.63, 3.8) is 0 Å². The molecule has 0 saturated carbocycles. The van der Waals surface area contributed by atoms with Crippen molar-refractivity contribution in [2.45, 2.75) is 30.6 Å². The first-order valence-corrected chi connectivity index (χ1v) is 6.42. The lowest BCUT2D eigenvalue weighted by Crippen LogP contribution is -2.60. The molecule has 2 saturated heterocycles. The molecular weight excluding hydrogens is 266 g/mol. The van der Waals surface area contributed by atoms with E-state index in [1.54, 1.807) is 0 Å². The van der Waals surface area contributed by atoms with Crippen molar-refractivity contribution in [2.75, 3.05) is 13.2 Å². The molecule has 1 unspecified atom stereocenters. The Balaban J connectivity index is 1.80. The highest BCUT2D eigenvalue weighted by Crippen LogP contribution is 2.32. The van der Waals surface area contributed by atoms with Gasteiger partial charge >= 0.3 is 0 Å². The molecule has 2 aliphatic heterocycles. The number of nitrogens with zero attached hydrogens (tertiary/aromatic N) is 1. The first-order valence-electron chi connectivity index (χ1n) is 6.42. The molecule has 0 bridgehead atoms. The highest BCUT2D eigenvalue weighted by atomic mass is 16.7. The van der Waals surface area contributed by atoms with Crippen molar-refractivity contribution < 1.29 is 24.2 Å². The molecule has 0 spiro atoms. The largest absolute Gasteiger partial charge is 0.383 e. The van der Waals surface area contributed by atoms with Gasteiger partial charge in [0.15, 0.2) is 12.4 Å². The van der Waals surface area contributed by atoms with Crippen LogP contribution >= 0.6 is 0 Å². The highest BCUT2D eigenvalue weighted by molar-refractivity contribution is 5.16. The van der Waals surface area contributed by atoms with Gasteiger partial charge in [0.1, 0.15) is 12.2 Å². The second-order valence-corrected chi connectivity index (χ2v) is 4.89. The summed E-state index contributed by atoms with van der Waals surface area (Å²) in [6.07, 6.45) is -3.17. The molecule has 5 atom stereocenters. The van der Waals surface area contributed by atoms with Gasteiger partial charge in [0.2, 0.25) is 0 Å². The van der Waals surface area contributed by atoms with Gasteiger partial charge in [0.05, 0.1) is 13.2 Å². The van der Waals surface area contributed by atoms with Gasteiger partial charge in [-0.2, -0.15) is 0 Å². The van der Waals surface area contributed by atoms with Gasteiger partial charge in [-0.05, 0) is 0 Å². The molecule has 1 aromatic carbocycles. The monoisotopic (exact) mass is 281 g/mol. The third kappa shape index (κ3) is 2.40. The lowest BCUT2D eigenvalue weighted by molar-refractivity contribution is -0.564. The maximum Gasteiger partial charge on any atom is 0.269 e. The Morgan fingerprint density at radius 1 is 1.20 bits per heavy atom. The molecule has 3 rings (SSSR count). The van der Waals surface area contributed by atoms with Gasteiger partial charge in [-0.3, -0.25) is 10.1 Å². The van der Waals surface area contributed by atoms with E-state index in [2.05, 4.69) is 0 Å². The zero-order chi connectivity index (χ0) is 14.1. The van der Waals surface area contributed by atoms with Crippen LogP contribution in [0, 0.1) is 10.1 Å². The summed E-state index contributed by atoms with van der Waals surface area (Å²) in [6.45, 7) is 0.136. The van der Waals surface area contributed by atoms with Crippen LogP contribution in [-0.2, 0) is 14.2 Å². The number of benzene rings is 1. The van der Waals surface area contributed by atoms with E-state index in [0.29, 0.717) is 0 Å². The fourth-order valence-electron chi connectivity index (χ4n) is 2.58. The van der Waals surface area contributed by atoms with E-state index in [0.717, 1.165) is 5.56 Å². The van der Waals surface area contributed by atoms with Gasteiger partial charge in [-0.25, -0.2) is 0 Å². The maximum absolute atomic E-state index is 11.1. The minimum atomic E-state index is -1.19. The van der Waals surface area contributed by atoms with Crippen LogP contribution in [0.25, 0.3) is 0 Å². The maximum atomic E-state index is 11.1. The normalized spacial score (nSPS) is 37.1. The Kier molecular flexibility index (Phi) is 3.66. The molecule has 0 aliphatic carbocycles. The van der Waals surface area contributed by atoms with Gasteiger partial charge in [0.25, 0.3) is 6.04 Å². The third-order valence-corrected chi connectivity index (χ3v) is 3.59. The summed E-state index contributed by atoms with van der Waals surface area (Å²) in [5.41, 5.74) is 0.785. The number of rotatable bonds is 2. The van der Waals surface area contributed by atoms with Crippen LogP contribution in [0.1, 0.15) is 11.9 Å². The van der Waals surface area contributed by atoms with E-state index in [1.807, 2.05) is 30.3 Å². The first kappa shape index (κ1) is 13.4. The Morgan fingerprint density at radius 3 is 2.65 bits per heavy atom. The molecular formula is C13H15NO6. The first-order chi connectivity index (χ1) is 9.66. The van der Waals surface area contributed by atoms with E-state index >= 15 is 0 Å². The number of ether oxygens (including phenoxy) is 3. The van der Waals surface area contributed by atoms with Crippen molar-refractivity contribution in [3.05, 3.63) is 46.0 Å². The Hall–Kier alpha value is -1.54. The summed E-state index contributed by atoms with van der Waals surface area (Å²) >= 11 is 0. The lowest BCUT2D eigenvalue weighted by Gasteiger charge is -2.41. The molecule has 0 aromatic heterocycles. The molecule has 20 heavy (non-hydrogen) atoms. The summed E-state index contributed by atoms with van der Waals surface area (Å²) in [6, 6.07) is 8.00. The number of nitro groups is 1. The van der Waals surface area contributed by atoms with Crippen LogP contribution in [0.15, 0.2) is 30.3 Å². The molecule has 0 radical (unpaired) electrons. The van der Waals surface area contributed by atoms with Crippen LogP contribution in [-0.4, -0.2) is 47.6 Å². The smallest absolute Gasteiger partial charge is 0.269 e. The van der Waals surface area contributed by atoms with Gasteiger partial charge in [-0.15, -0.1) is 0 Å². The second kappa shape index (κ2) is 5.45. The van der Waals surface area contributed by atoms with Gasteiger partial charge < -0.3 is 19.3 Å². The quantitative estimate of drug-likeness (QED) is 0.627. The fourth-order valence-corrected chi connectivity index (χ4v) is 2.58. The van der Waals surface area contributed by atoms with Crippen molar-refractivity contribution in [1.29, 1.82) is 0 Å². The average molecular weight is 281 g/mol. The fraction of sp³-hybridized carbons (Fsp3) is 0.538. The number of fused-ring (bicyclic) bond motifs is 1. The van der Waals surface area contributed by atoms with Gasteiger partial charge in [0, 0.05) is 10.5 Å². The molecule has 2 fully saturated rings. The third-order valence-electron chi connectivity index (χ3n) is 3.59. The molecule has 1 N–H and O–H groups in total. The van der Waals surface area contributed by atoms with Crippen molar-refractivity contribution in [1.82, 2.24) is 0 Å². The summed E-state index contributed by atoms with van der Waals surface area (Å²) in [5.74, 6) is 0. The SMILES string of the molecule is O=[N+]([O-])[C@H]1[C@@H]2OC(c3ccccc3)OC[C@H]2OC[C@@H]1O. The zero-order valence-corrected chi connectivity index (χ0v) is 10.6. The van der Waals surface area contributed by atoms with Crippen LogP contribution in [0.4, 0.5) is 0 Å². The Labute approximate surface area is 115 Å². The molecule has 0 amide bonds. The minimum Gasteiger partial charge on any atom is -0.383 e. The van der Waals surface area contributed by atoms with Crippen LogP contribution in [0.5, 0.6) is 0 Å². The Morgan fingerprint density at radius 2 is 1.95 bits per heavy atom. The van der Waals surface area contributed by atoms with Crippen molar-refractivity contribution in [2.24, 2.45) is 0 Å². The average Bonchev–Trinajstić information content (AvgIpc) is 2.47. The van der Waals surface area contributed by atoms with Crippen LogP contribution in [0.2, 0.25) is 0 Å². The van der Waals surface area contributed by atoms with Crippen molar-refractivity contribution in [3.8, 4) is 0 Å². The predicted octanol–water partition coefficient (Wildman–Crippen LogP) is 0.506. The number of aliphatic hydroxyl groups excluding tert-OH is 1. The van der Waals surface area contributed by atoms with E-state index in [1.165, 1.54) is 0 Å². The minimum absolute atomic E-state index is 0.0739. The van der Waals surface area contributed by atoms with Crippen molar-refractivity contribution >= 4 is 0 Å². The molecule has 1 aromatic rings. The van der Waals surface area contributed by atoms with Crippen LogP contribution in [0.3, 0.4) is 0 Å². The molecule has 2 aliphatic rings. The second-order valence-electron chi connectivity index (χ2n) is 4.89. The number of hydrogen-bond donors (Lipinski definition) is 1. The number of hydrogen-bond acceptors (Lipinski definition) is 6. The highest BCUT2D eigenvalue weighted by Gasteiger charge is 2.51. The lowest BCUT2D eigenvalue weighted by atomic mass is 9.97. The van der Waals surface area contributed by atoms with E-state index in [4.69, 9.17) is 14.2 Å². The number of aliphatic hydroxyl groups is 1. The molecule has 2 heterocycles. The summed E-state index contributed by atoms with van der Waals surface area (Å²) < 4.78 is 16.6. The van der Waals surface area contributed by atoms with E-state index in [-0.39, 0.29) is 13.2 Å². The molecule has 108 valence electrons. The summed E-state index contributed by atoms with van der Waals surface area (Å²) in [5, 5.41) is 20.9. The van der Waals surface area contributed by atoms with Gasteiger partial charge in [-0.1, -0.05) is 30.3 Å². The predicted molar refractivity (Wildman–Crippen MR) is 66.5 cm³/mol. The topological polar surface area (TPSA) is 91.1 Å². The zero-order valence-electron chi connectivity index (χ0n) is 10.6. The molecule has 7 heteroatoms. The van der Waals surface area contributed by atoms with E-state index < -0.39 is 35.6 Å². The summed E-state index contributed by atoms with van der Waals surface area (Å²) in [4.78, 5) is 10.6. The standard InChI is InChI=1S/C13H15NO6/c15-9-6-18-10-7-19-13(8-4-2-1-3-5-8)20-12(10)11(9)14(16)17/h1-5,9-13,15H,6-7H2/t9-,10+,11+,12+,13?/m0/s1. The molecule has 7 nitrogen and oxygen atoms in total. The van der Waals surface area contributed by atoms with Crippen LogP contribution < -0.4 is 0 Å². The van der Waals surface area contributed by atoms with E-state index in [9.17, 15) is 15.2 Å². The summed E-state index contributed by atoms with van der Waals surface area (Å²) in [7, 11) is 0. The Bertz CT molecular complexity index is 481.